The van der Waals surface area contributed by atoms with Gasteiger partial charge in [0.25, 0.3) is 0 Å². The van der Waals surface area contributed by atoms with Crippen molar-refractivity contribution in [2.24, 2.45) is 5.92 Å². The number of likely N-dealkylation sites (tertiary alicyclic amines) is 1. The number of ether oxygens (including phenoxy) is 1. The molecule has 0 radical (unpaired) electrons. The van der Waals surface area contributed by atoms with E-state index in [9.17, 15) is 9.59 Å². The summed E-state index contributed by atoms with van der Waals surface area (Å²) in [5.41, 5.74) is 0.987. The molecule has 0 atom stereocenters. The quantitative estimate of drug-likeness (QED) is 0.803. The molecule has 120 valence electrons. The molecular weight excluding hydrogens is 278 g/mol. The van der Waals surface area contributed by atoms with Gasteiger partial charge < -0.3 is 9.64 Å². The highest BCUT2D eigenvalue weighted by molar-refractivity contribution is 5.81. The lowest BCUT2D eigenvalue weighted by molar-refractivity contribution is -0.124. The summed E-state index contributed by atoms with van der Waals surface area (Å²) in [7, 11) is 0. The van der Waals surface area contributed by atoms with Gasteiger partial charge in [0.2, 0.25) is 0 Å². The van der Waals surface area contributed by atoms with Gasteiger partial charge in [-0.2, -0.15) is 0 Å². The first kappa shape index (κ1) is 16.5. The van der Waals surface area contributed by atoms with Crippen LogP contribution in [0.3, 0.4) is 0 Å². The maximum absolute atomic E-state index is 12.0. The molecule has 1 saturated heterocycles. The molecule has 0 aromatic heterocycles. The molecule has 1 amide bonds. The van der Waals surface area contributed by atoms with Crippen LogP contribution in [0.2, 0.25) is 0 Å². The molecule has 4 nitrogen and oxygen atoms in total. The van der Waals surface area contributed by atoms with Crippen LogP contribution < -0.4 is 0 Å². The fourth-order valence-corrected chi connectivity index (χ4v) is 2.75. The third-order valence-corrected chi connectivity index (χ3v) is 4.19. The number of ketones is 1. The van der Waals surface area contributed by atoms with E-state index in [0.29, 0.717) is 31.9 Å². The number of hydrogen-bond donors (Lipinski definition) is 0. The van der Waals surface area contributed by atoms with Gasteiger partial charge in [0, 0.05) is 25.4 Å². The molecule has 0 saturated carbocycles. The minimum Gasteiger partial charge on any atom is -0.445 e. The largest absolute Gasteiger partial charge is 0.445 e. The fourth-order valence-electron chi connectivity index (χ4n) is 2.75. The predicted molar refractivity (Wildman–Crippen MR) is 85.5 cm³/mol. The van der Waals surface area contributed by atoms with Crippen LogP contribution in [0.15, 0.2) is 30.3 Å². The zero-order valence-electron chi connectivity index (χ0n) is 13.3. The van der Waals surface area contributed by atoms with Gasteiger partial charge >= 0.3 is 6.09 Å². The van der Waals surface area contributed by atoms with Crippen LogP contribution in [0.1, 0.15) is 44.6 Å². The molecule has 1 aliphatic rings. The molecule has 1 fully saturated rings. The highest BCUT2D eigenvalue weighted by Crippen LogP contribution is 2.21. The Hall–Kier alpha value is -1.84. The van der Waals surface area contributed by atoms with Crippen molar-refractivity contribution < 1.29 is 14.3 Å². The van der Waals surface area contributed by atoms with Gasteiger partial charge in [-0.05, 0) is 24.8 Å². The number of nitrogens with zero attached hydrogens (tertiary/aromatic N) is 1. The van der Waals surface area contributed by atoms with Crippen LogP contribution in [-0.2, 0) is 16.1 Å². The van der Waals surface area contributed by atoms with Gasteiger partial charge in [-0.15, -0.1) is 0 Å². The summed E-state index contributed by atoms with van der Waals surface area (Å²) >= 11 is 0. The van der Waals surface area contributed by atoms with Crippen molar-refractivity contribution in [2.75, 3.05) is 13.1 Å². The average molecular weight is 303 g/mol. The molecule has 1 aromatic rings. The van der Waals surface area contributed by atoms with Crippen molar-refractivity contribution in [2.45, 2.75) is 45.6 Å². The normalized spacial score (nSPS) is 15.6. The summed E-state index contributed by atoms with van der Waals surface area (Å²) in [5.74, 6) is 0.490. The number of unbranched alkanes of at least 4 members (excludes halogenated alkanes) is 1. The standard InChI is InChI=1S/C18H25NO3/c1-2-3-9-17(20)16-10-12-19(13-11-16)18(21)22-14-15-7-5-4-6-8-15/h4-8,16H,2-3,9-14H2,1H3. The maximum atomic E-state index is 12.0. The predicted octanol–water partition coefficient (Wildman–Crippen LogP) is 3.79. The monoisotopic (exact) mass is 303 g/mol. The van der Waals surface area contributed by atoms with Gasteiger partial charge in [-0.3, -0.25) is 4.79 Å². The lowest BCUT2D eigenvalue weighted by atomic mass is 9.90. The van der Waals surface area contributed by atoms with Crippen molar-refractivity contribution in [1.29, 1.82) is 0 Å². The third-order valence-electron chi connectivity index (χ3n) is 4.19. The van der Waals surface area contributed by atoms with E-state index in [4.69, 9.17) is 4.74 Å². The minimum atomic E-state index is -0.275. The first-order chi connectivity index (χ1) is 10.7. The molecular formula is C18H25NO3. The molecule has 0 N–H and O–H groups in total. The molecule has 22 heavy (non-hydrogen) atoms. The summed E-state index contributed by atoms with van der Waals surface area (Å²) in [5, 5.41) is 0. The van der Waals surface area contributed by atoms with E-state index in [1.807, 2.05) is 30.3 Å². The number of amides is 1. The fraction of sp³-hybridized carbons (Fsp3) is 0.556. The average Bonchev–Trinajstić information content (AvgIpc) is 2.58. The van der Waals surface area contributed by atoms with Crippen molar-refractivity contribution in [1.82, 2.24) is 4.90 Å². The topological polar surface area (TPSA) is 46.6 Å². The molecule has 1 heterocycles. The second kappa shape index (κ2) is 8.57. The van der Waals surface area contributed by atoms with Crippen molar-refractivity contribution in [3.05, 3.63) is 35.9 Å². The van der Waals surface area contributed by atoms with Gasteiger partial charge in [0.05, 0.1) is 0 Å². The first-order valence-corrected chi connectivity index (χ1v) is 8.19. The Bertz CT molecular complexity index is 478. The molecule has 0 spiro atoms. The van der Waals surface area contributed by atoms with Crippen molar-refractivity contribution in [3.63, 3.8) is 0 Å². The van der Waals surface area contributed by atoms with E-state index in [1.165, 1.54) is 0 Å². The number of piperidine rings is 1. The van der Waals surface area contributed by atoms with Crippen LogP contribution in [-0.4, -0.2) is 29.9 Å². The van der Waals surface area contributed by atoms with E-state index >= 15 is 0 Å². The zero-order valence-corrected chi connectivity index (χ0v) is 13.3. The number of benzene rings is 1. The van der Waals surface area contributed by atoms with Gasteiger partial charge in [0.15, 0.2) is 0 Å². The molecule has 0 aliphatic carbocycles. The van der Waals surface area contributed by atoms with E-state index < -0.39 is 0 Å². The third kappa shape index (κ3) is 4.86. The Morgan fingerprint density at radius 2 is 1.86 bits per heavy atom. The van der Waals surface area contributed by atoms with Gasteiger partial charge in [0.1, 0.15) is 12.4 Å². The Balaban J connectivity index is 1.72. The van der Waals surface area contributed by atoms with Crippen LogP contribution in [0.4, 0.5) is 4.79 Å². The summed E-state index contributed by atoms with van der Waals surface area (Å²) in [4.78, 5) is 25.8. The second-order valence-electron chi connectivity index (χ2n) is 5.87. The molecule has 1 aliphatic heterocycles. The molecule has 0 unspecified atom stereocenters. The Morgan fingerprint density at radius 1 is 1.18 bits per heavy atom. The van der Waals surface area contributed by atoms with Gasteiger partial charge in [-0.25, -0.2) is 4.79 Å². The minimum absolute atomic E-state index is 0.129. The number of hydrogen-bond acceptors (Lipinski definition) is 3. The first-order valence-electron chi connectivity index (χ1n) is 8.19. The Labute approximate surface area is 132 Å². The Morgan fingerprint density at radius 3 is 2.50 bits per heavy atom. The number of rotatable bonds is 6. The van der Waals surface area contributed by atoms with E-state index in [0.717, 1.165) is 31.2 Å². The molecule has 2 rings (SSSR count). The van der Waals surface area contributed by atoms with E-state index in [-0.39, 0.29) is 12.0 Å². The smallest absolute Gasteiger partial charge is 0.410 e. The summed E-state index contributed by atoms with van der Waals surface area (Å²) in [6.45, 7) is 3.64. The summed E-state index contributed by atoms with van der Waals surface area (Å²) in [6.07, 6.45) is 3.96. The number of carbonyl (C=O) groups excluding carboxylic acids is 2. The van der Waals surface area contributed by atoms with Crippen molar-refractivity contribution in [3.8, 4) is 0 Å². The van der Waals surface area contributed by atoms with Crippen LogP contribution in [0.25, 0.3) is 0 Å². The van der Waals surface area contributed by atoms with E-state index in [1.54, 1.807) is 4.90 Å². The molecule has 4 heteroatoms. The number of Topliss-reactive ketones (excluding diaryl/α,β-unsaturated/α-hetero) is 1. The van der Waals surface area contributed by atoms with Crippen molar-refractivity contribution >= 4 is 11.9 Å². The van der Waals surface area contributed by atoms with Crippen LogP contribution in [0.5, 0.6) is 0 Å². The SMILES string of the molecule is CCCCC(=O)C1CCN(C(=O)OCc2ccccc2)CC1. The second-order valence-corrected chi connectivity index (χ2v) is 5.87. The molecule has 0 bridgehead atoms. The zero-order chi connectivity index (χ0) is 15.8. The lowest BCUT2D eigenvalue weighted by Gasteiger charge is -2.30. The van der Waals surface area contributed by atoms with Crippen LogP contribution in [0, 0.1) is 5.92 Å². The summed E-state index contributed by atoms with van der Waals surface area (Å²) < 4.78 is 5.33. The number of carbonyl (C=O) groups is 2. The summed E-state index contributed by atoms with van der Waals surface area (Å²) in [6, 6.07) is 9.66. The molecule has 1 aromatic carbocycles. The highest BCUT2D eigenvalue weighted by Gasteiger charge is 2.27. The van der Waals surface area contributed by atoms with E-state index in [2.05, 4.69) is 6.92 Å². The lowest BCUT2D eigenvalue weighted by Crippen LogP contribution is -2.40. The highest BCUT2D eigenvalue weighted by atomic mass is 16.6. The van der Waals surface area contributed by atoms with Crippen LogP contribution >= 0.6 is 0 Å². The van der Waals surface area contributed by atoms with Gasteiger partial charge in [-0.1, -0.05) is 43.7 Å². The Kier molecular flexibility index (Phi) is 6.44. The maximum Gasteiger partial charge on any atom is 0.410 e.